The van der Waals surface area contributed by atoms with Gasteiger partial charge in [0.15, 0.2) is 0 Å². The van der Waals surface area contributed by atoms with E-state index < -0.39 is 0 Å². The Hall–Kier alpha value is -1.88. The SMILES string of the molecule is CC1c2ccsc2CCN1C(=O)c1cnccc1N. The van der Waals surface area contributed by atoms with Crippen molar-refractivity contribution in [3.05, 3.63) is 45.9 Å². The van der Waals surface area contributed by atoms with Gasteiger partial charge in [-0.2, -0.15) is 0 Å². The predicted octanol–water partition coefficient (Wildman–Crippen LogP) is 2.48. The highest BCUT2D eigenvalue weighted by molar-refractivity contribution is 7.10. The van der Waals surface area contributed by atoms with Crippen molar-refractivity contribution in [2.75, 3.05) is 12.3 Å². The highest BCUT2D eigenvalue weighted by Crippen LogP contribution is 2.33. The van der Waals surface area contributed by atoms with E-state index >= 15 is 0 Å². The van der Waals surface area contributed by atoms with Gasteiger partial charge in [-0.1, -0.05) is 0 Å². The number of amides is 1. The van der Waals surface area contributed by atoms with Crippen molar-refractivity contribution in [3.63, 3.8) is 0 Å². The van der Waals surface area contributed by atoms with Crippen LogP contribution in [0.25, 0.3) is 0 Å². The van der Waals surface area contributed by atoms with Crippen molar-refractivity contribution in [1.29, 1.82) is 0 Å². The van der Waals surface area contributed by atoms with Gasteiger partial charge in [0.1, 0.15) is 0 Å². The number of aromatic nitrogens is 1. The maximum absolute atomic E-state index is 12.6. The molecule has 4 nitrogen and oxygen atoms in total. The molecule has 1 amide bonds. The third-order valence-corrected chi connectivity index (χ3v) is 4.62. The summed E-state index contributed by atoms with van der Waals surface area (Å²) in [5, 5.41) is 2.09. The lowest BCUT2D eigenvalue weighted by molar-refractivity contribution is 0.0680. The average Bonchev–Trinajstić information content (AvgIpc) is 2.88. The largest absolute Gasteiger partial charge is 0.398 e. The summed E-state index contributed by atoms with van der Waals surface area (Å²) in [6, 6.07) is 3.87. The molecule has 0 radical (unpaired) electrons. The molecule has 3 rings (SSSR count). The van der Waals surface area contributed by atoms with E-state index in [4.69, 9.17) is 5.73 Å². The molecule has 1 aliphatic rings. The smallest absolute Gasteiger partial charge is 0.258 e. The van der Waals surface area contributed by atoms with Crippen LogP contribution in [-0.4, -0.2) is 22.3 Å². The van der Waals surface area contributed by atoms with Gasteiger partial charge >= 0.3 is 0 Å². The second kappa shape index (κ2) is 4.66. The number of carbonyl (C=O) groups is 1. The van der Waals surface area contributed by atoms with Crippen LogP contribution in [-0.2, 0) is 6.42 Å². The minimum atomic E-state index is -0.0325. The number of fused-ring (bicyclic) bond motifs is 1. The van der Waals surface area contributed by atoms with E-state index in [9.17, 15) is 4.79 Å². The van der Waals surface area contributed by atoms with E-state index in [2.05, 4.69) is 23.4 Å². The summed E-state index contributed by atoms with van der Waals surface area (Å²) in [7, 11) is 0. The Balaban J connectivity index is 1.92. The predicted molar refractivity (Wildman–Crippen MR) is 76.1 cm³/mol. The molecule has 0 aliphatic carbocycles. The van der Waals surface area contributed by atoms with Crippen LogP contribution in [0.5, 0.6) is 0 Å². The van der Waals surface area contributed by atoms with Crippen molar-refractivity contribution in [2.45, 2.75) is 19.4 Å². The second-order valence-electron chi connectivity index (χ2n) is 4.69. The molecular weight excluding hydrogens is 258 g/mol. The molecule has 5 heteroatoms. The molecule has 0 saturated carbocycles. The first-order valence-electron chi connectivity index (χ1n) is 6.25. The third kappa shape index (κ3) is 2.00. The molecule has 0 fully saturated rings. The van der Waals surface area contributed by atoms with Gasteiger partial charge < -0.3 is 10.6 Å². The van der Waals surface area contributed by atoms with Crippen molar-refractivity contribution in [2.24, 2.45) is 0 Å². The van der Waals surface area contributed by atoms with E-state index in [0.29, 0.717) is 11.3 Å². The molecule has 19 heavy (non-hydrogen) atoms. The summed E-state index contributed by atoms with van der Waals surface area (Å²) in [5.74, 6) is -0.0325. The van der Waals surface area contributed by atoms with Crippen molar-refractivity contribution in [3.8, 4) is 0 Å². The molecule has 2 N–H and O–H groups in total. The normalized spacial score (nSPS) is 18.2. The van der Waals surface area contributed by atoms with E-state index in [-0.39, 0.29) is 11.9 Å². The maximum atomic E-state index is 12.6. The first kappa shape index (κ1) is 12.2. The van der Waals surface area contributed by atoms with Gasteiger partial charge in [0.25, 0.3) is 5.91 Å². The number of nitrogen functional groups attached to an aromatic ring is 1. The number of nitrogens with zero attached hydrogens (tertiary/aromatic N) is 2. The van der Waals surface area contributed by atoms with Crippen LogP contribution >= 0.6 is 11.3 Å². The van der Waals surface area contributed by atoms with E-state index in [1.807, 2.05) is 4.90 Å². The Bertz CT molecular complexity index is 623. The zero-order chi connectivity index (χ0) is 13.4. The minimum Gasteiger partial charge on any atom is -0.398 e. The van der Waals surface area contributed by atoms with Crippen LogP contribution in [0.1, 0.15) is 33.8 Å². The van der Waals surface area contributed by atoms with Crippen molar-refractivity contribution < 1.29 is 4.79 Å². The van der Waals surface area contributed by atoms with Gasteiger partial charge in [-0.25, -0.2) is 0 Å². The highest BCUT2D eigenvalue weighted by atomic mass is 32.1. The fraction of sp³-hybridized carbons (Fsp3) is 0.286. The number of hydrogen-bond donors (Lipinski definition) is 1. The topological polar surface area (TPSA) is 59.2 Å². The van der Waals surface area contributed by atoms with Crippen LogP contribution in [0.3, 0.4) is 0 Å². The first-order chi connectivity index (χ1) is 9.18. The molecule has 2 aromatic rings. The molecule has 3 heterocycles. The van der Waals surface area contributed by atoms with E-state index in [1.54, 1.807) is 29.8 Å². The molecule has 0 spiro atoms. The number of rotatable bonds is 1. The molecule has 0 aromatic carbocycles. The summed E-state index contributed by atoms with van der Waals surface area (Å²) >= 11 is 1.77. The van der Waals surface area contributed by atoms with Gasteiger partial charge in [-0.3, -0.25) is 9.78 Å². The zero-order valence-corrected chi connectivity index (χ0v) is 11.5. The number of anilines is 1. The number of thiophene rings is 1. The van der Waals surface area contributed by atoms with E-state index in [1.165, 1.54) is 10.4 Å². The van der Waals surface area contributed by atoms with Crippen molar-refractivity contribution in [1.82, 2.24) is 9.88 Å². The quantitative estimate of drug-likeness (QED) is 0.868. The van der Waals surface area contributed by atoms with Gasteiger partial charge in [0.05, 0.1) is 11.6 Å². The number of pyridine rings is 1. The first-order valence-corrected chi connectivity index (χ1v) is 7.13. The zero-order valence-electron chi connectivity index (χ0n) is 10.7. The third-order valence-electron chi connectivity index (χ3n) is 3.62. The second-order valence-corrected chi connectivity index (χ2v) is 5.69. The fourth-order valence-corrected chi connectivity index (χ4v) is 3.49. The van der Waals surface area contributed by atoms with Crippen LogP contribution < -0.4 is 5.73 Å². The van der Waals surface area contributed by atoms with Crippen molar-refractivity contribution >= 4 is 22.9 Å². The summed E-state index contributed by atoms with van der Waals surface area (Å²) in [5.41, 5.74) is 8.10. The summed E-state index contributed by atoms with van der Waals surface area (Å²) < 4.78 is 0. The fourth-order valence-electron chi connectivity index (χ4n) is 2.53. The van der Waals surface area contributed by atoms with Crippen LogP contribution in [0.15, 0.2) is 29.9 Å². The molecular formula is C14H15N3OS. The molecule has 1 unspecified atom stereocenters. The van der Waals surface area contributed by atoms with Gasteiger partial charge in [0.2, 0.25) is 0 Å². The molecule has 0 saturated heterocycles. The van der Waals surface area contributed by atoms with E-state index in [0.717, 1.165) is 13.0 Å². The number of carbonyl (C=O) groups excluding carboxylic acids is 1. The van der Waals surface area contributed by atoms with Gasteiger partial charge in [0, 0.05) is 29.5 Å². The lowest BCUT2D eigenvalue weighted by Gasteiger charge is -2.33. The number of nitrogens with two attached hydrogens (primary N) is 1. The Labute approximate surface area is 115 Å². The molecule has 2 aromatic heterocycles. The maximum Gasteiger partial charge on any atom is 0.258 e. The standard InChI is InChI=1S/C14H15N3OS/c1-9-10-4-7-19-13(10)3-6-17(9)14(18)11-8-16-5-2-12(11)15/h2,4-5,7-9H,3,6H2,1H3,(H2,15,16). The summed E-state index contributed by atoms with van der Waals surface area (Å²) in [6.07, 6.45) is 4.07. The molecule has 0 bridgehead atoms. The highest BCUT2D eigenvalue weighted by Gasteiger charge is 2.29. The Morgan fingerprint density at radius 3 is 3.16 bits per heavy atom. The lowest BCUT2D eigenvalue weighted by Crippen LogP contribution is -2.38. The Kier molecular flexibility index (Phi) is 2.98. The van der Waals surface area contributed by atoms with Crippen LogP contribution in [0, 0.1) is 0 Å². The molecule has 98 valence electrons. The lowest BCUT2D eigenvalue weighted by atomic mass is 10.0. The minimum absolute atomic E-state index is 0.0325. The Morgan fingerprint density at radius 1 is 1.53 bits per heavy atom. The van der Waals surface area contributed by atoms with Gasteiger partial charge in [-0.05, 0) is 36.4 Å². The van der Waals surface area contributed by atoms with Crippen LogP contribution in [0.4, 0.5) is 5.69 Å². The number of hydrogen-bond acceptors (Lipinski definition) is 4. The Morgan fingerprint density at radius 2 is 2.37 bits per heavy atom. The molecule has 1 atom stereocenters. The monoisotopic (exact) mass is 273 g/mol. The van der Waals surface area contributed by atoms with Crippen LogP contribution in [0.2, 0.25) is 0 Å². The van der Waals surface area contributed by atoms with Gasteiger partial charge in [-0.15, -0.1) is 11.3 Å². The average molecular weight is 273 g/mol. The molecule has 1 aliphatic heterocycles. The summed E-state index contributed by atoms with van der Waals surface area (Å²) in [4.78, 5) is 19.8. The summed E-state index contributed by atoms with van der Waals surface area (Å²) in [6.45, 7) is 2.80.